The van der Waals surface area contributed by atoms with Gasteiger partial charge in [-0.15, -0.1) is 0 Å². The first-order valence-corrected chi connectivity index (χ1v) is 10.8. The van der Waals surface area contributed by atoms with Crippen molar-refractivity contribution >= 4 is 17.7 Å². The number of benzene rings is 1. The molecule has 3 heterocycles. The number of carbonyl (C=O) groups excluding carboxylic acids is 1. The van der Waals surface area contributed by atoms with Crippen LogP contribution in [0.4, 0.5) is 10.5 Å². The summed E-state index contributed by atoms with van der Waals surface area (Å²) < 4.78 is 0. The summed E-state index contributed by atoms with van der Waals surface area (Å²) in [6, 6.07) is 7.84. The van der Waals surface area contributed by atoms with E-state index in [0.717, 1.165) is 49.2 Å². The number of hydrogen-bond donors (Lipinski definition) is 4. The van der Waals surface area contributed by atoms with Gasteiger partial charge in [0.2, 0.25) is 5.91 Å². The molecule has 1 aromatic heterocycles. The molecule has 1 aromatic carbocycles. The Hall–Kier alpha value is -3.03. The van der Waals surface area contributed by atoms with Crippen molar-refractivity contribution in [3.05, 3.63) is 48.0 Å². The number of hydrogen-bond acceptors (Lipinski definition) is 4. The normalized spacial score (nSPS) is 30.1. The number of likely N-dealkylation sites (tertiary alicyclic amines) is 1. The number of anilines is 1. The summed E-state index contributed by atoms with van der Waals surface area (Å²) in [6.07, 6.45) is 6.79. The monoisotopic (exact) mass is 409 g/mol. The number of amides is 2. The number of nitrogens with zero attached hydrogens (tertiary/aromatic N) is 2. The molecular formula is C22H27N5O3. The van der Waals surface area contributed by atoms with Crippen molar-refractivity contribution in [2.24, 2.45) is 11.8 Å². The number of nitrogens with one attached hydrogen (secondary N) is 3. The van der Waals surface area contributed by atoms with Crippen LogP contribution in [0.5, 0.6) is 0 Å². The van der Waals surface area contributed by atoms with Crippen molar-refractivity contribution < 1.29 is 14.7 Å². The van der Waals surface area contributed by atoms with E-state index in [-0.39, 0.29) is 35.9 Å². The maximum atomic E-state index is 13.7. The van der Waals surface area contributed by atoms with Crippen LogP contribution in [-0.4, -0.2) is 44.6 Å². The third kappa shape index (κ3) is 3.20. The van der Waals surface area contributed by atoms with E-state index < -0.39 is 6.09 Å². The molecule has 30 heavy (non-hydrogen) atoms. The van der Waals surface area contributed by atoms with Crippen molar-refractivity contribution in [1.82, 2.24) is 20.2 Å². The van der Waals surface area contributed by atoms with Gasteiger partial charge in [-0.2, -0.15) is 0 Å². The highest BCUT2D eigenvalue weighted by molar-refractivity contribution is 5.82. The molecule has 1 aliphatic carbocycles. The number of H-pyrrole nitrogens is 1. The molecule has 0 spiro atoms. The van der Waals surface area contributed by atoms with Crippen LogP contribution in [-0.2, 0) is 4.79 Å². The van der Waals surface area contributed by atoms with Crippen molar-refractivity contribution in [3.8, 4) is 0 Å². The molecule has 1 saturated heterocycles. The summed E-state index contributed by atoms with van der Waals surface area (Å²) in [5, 5.41) is 15.5. The first-order chi connectivity index (χ1) is 14.6. The summed E-state index contributed by atoms with van der Waals surface area (Å²) in [7, 11) is 0. The van der Waals surface area contributed by atoms with Crippen LogP contribution >= 0.6 is 0 Å². The summed E-state index contributed by atoms with van der Waals surface area (Å²) >= 11 is 0. The molecule has 5 atom stereocenters. The number of carboxylic acid groups (broad SMARTS) is 1. The highest BCUT2D eigenvalue weighted by Crippen LogP contribution is 2.51. The molecule has 1 saturated carbocycles. The minimum atomic E-state index is -1.05. The average molecular weight is 409 g/mol. The van der Waals surface area contributed by atoms with Gasteiger partial charge in [-0.25, -0.2) is 9.78 Å². The van der Waals surface area contributed by atoms with Crippen LogP contribution < -0.4 is 10.6 Å². The van der Waals surface area contributed by atoms with E-state index in [2.05, 4.69) is 32.7 Å². The Balaban J connectivity index is 1.47. The number of carbonyl (C=O) groups is 2. The van der Waals surface area contributed by atoms with Crippen LogP contribution in [0.1, 0.15) is 55.6 Å². The molecule has 4 N–H and O–H groups in total. The van der Waals surface area contributed by atoms with E-state index >= 15 is 0 Å². The fourth-order valence-electron chi connectivity index (χ4n) is 5.66. The second-order valence-corrected chi connectivity index (χ2v) is 8.56. The molecule has 2 fully saturated rings. The molecule has 0 radical (unpaired) electrons. The molecule has 0 unspecified atom stereocenters. The fraction of sp³-hybridized carbons (Fsp3) is 0.500. The van der Waals surface area contributed by atoms with Crippen molar-refractivity contribution in [2.75, 3.05) is 11.9 Å². The van der Waals surface area contributed by atoms with Gasteiger partial charge in [0.1, 0.15) is 5.82 Å². The second-order valence-electron chi connectivity index (χ2n) is 8.56. The molecule has 3 aliphatic rings. The molecule has 0 bridgehead atoms. The van der Waals surface area contributed by atoms with E-state index in [4.69, 9.17) is 0 Å². The fourth-order valence-corrected chi connectivity index (χ4v) is 5.66. The molecule has 8 nitrogen and oxygen atoms in total. The van der Waals surface area contributed by atoms with Crippen molar-refractivity contribution in [1.29, 1.82) is 0 Å². The van der Waals surface area contributed by atoms with Gasteiger partial charge in [0, 0.05) is 36.6 Å². The largest absolute Gasteiger partial charge is 0.465 e. The van der Waals surface area contributed by atoms with Crippen molar-refractivity contribution in [2.45, 2.75) is 50.2 Å². The Morgan fingerprint density at radius 2 is 2.00 bits per heavy atom. The van der Waals surface area contributed by atoms with Crippen LogP contribution in [0.3, 0.4) is 0 Å². The van der Waals surface area contributed by atoms with Gasteiger partial charge < -0.3 is 25.6 Å². The van der Waals surface area contributed by atoms with Crippen molar-refractivity contribution in [3.63, 3.8) is 0 Å². The Morgan fingerprint density at radius 3 is 2.80 bits per heavy atom. The first-order valence-electron chi connectivity index (χ1n) is 10.8. The standard InChI is InChI=1S/C22H27N5O3/c28-21(14-6-2-4-8-17(14)26-22(29)30)27-12-9-15-18(20-23-10-11-24-20)25-16-7-3-1-5-13(16)19(15)27/h1,3,5,7,10-11,14-15,17-19,25-26H,2,4,6,8-9,12H2,(H,23,24)(H,29,30)/t14-,15+,17+,18+,19-/m0/s1. The van der Waals surface area contributed by atoms with Gasteiger partial charge in [-0.1, -0.05) is 31.0 Å². The third-order valence-corrected chi connectivity index (χ3v) is 6.95. The van der Waals surface area contributed by atoms with Gasteiger partial charge in [0.25, 0.3) is 0 Å². The lowest BCUT2D eigenvalue weighted by atomic mass is 9.81. The van der Waals surface area contributed by atoms with Gasteiger partial charge in [0.15, 0.2) is 0 Å². The lowest BCUT2D eigenvalue weighted by Crippen LogP contribution is -2.49. The third-order valence-electron chi connectivity index (χ3n) is 6.95. The zero-order chi connectivity index (χ0) is 20.7. The number of fused-ring (bicyclic) bond motifs is 3. The molecule has 5 rings (SSSR count). The van der Waals surface area contributed by atoms with Crippen LogP contribution in [0, 0.1) is 11.8 Å². The average Bonchev–Trinajstić information content (AvgIpc) is 3.43. The quantitative estimate of drug-likeness (QED) is 0.622. The first kappa shape index (κ1) is 19.0. The van der Waals surface area contributed by atoms with Gasteiger partial charge in [0.05, 0.1) is 18.0 Å². The number of para-hydroxylation sites is 1. The molecule has 2 amide bonds. The van der Waals surface area contributed by atoms with Crippen LogP contribution in [0.15, 0.2) is 36.7 Å². The van der Waals surface area contributed by atoms with E-state index in [1.165, 1.54) is 0 Å². The Labute approximate surface area is 175 Å². The van der Waals surface area contributed by atoms with Gasteiger partial charge in [-0.3, -0.25) is 4.79 Å². The molecule has 8 heteroatoms. The summed E-state index contributed by atoms with van der Waals surface area (Å²) in [5.41, 5.74) is 2.17. The highest BCUT2D eigenvalue weighted by atomic mass is 16.4. The Morgan fingerprint density at radius 1 is 1.17 bits per heavy atom. The summed E-state index contributed by atoms with van der Waals surface area (Å²) in [4.78, 5) is 34.7. The smallest absolute Gasteiger partial charge is 0.404 e. The van der Waals surface area contributed by atoms with E-state index in [1.807, 2.05) is 23.2 Å². The molecule has 158 valence electrons. The zero-order valence-electron chi connectivity index (χ0n) is 16.8. The summed E-state index contributed by atoms with van der Waals surface area (Å²) in [6.45, 7) is 0.678. The lowest BCUT2D eigenvalue weighted by molar-refractivity contribution is -0.139. The molecular weight excluding hydrogens is 382 g/mol. The predicted molar refractivity (Wildman–Crippen MR) is 111 cm³/mol. The Kier molecular flexibility index (Phi) is 4.84. The van der Waals surface area contributed by atoms with E-state index in [9.17, 15) is 14.7 Å². The predicted octanol–water partition coefficient (Wildman–Crippen LogP) is 3.29. The SMILES string of the molecule is O=C(O)N[C@@H]1CCCC[C@@H]1C(=O)N1CC[C@@H]2[C@H](c3ncc[nH]3)Nc3ccccc3[C@@H]21. The maximum Gasteiger partial charge on any atom is 0.404 e. The molecule has 2 aliphatic heterocycles. The lowest BCUT2D eigenvalue weighted by Gasteiger charge is -2.41. The minimum Gasteiger partial charge on any atom is -0.465 e. The Bertz CT molecular complexity index is 931. The number of rotatable bonds is 3. The molecule has 2 aromatic rings. The van der Waals surface area contributed by atoms with Crippen LogP contribution in [0.25, 0.3) is 0 Å². The number of aromatic amines is 1. The van der Waals surface area contributed by atoms with E-state index in [0.29, 0.717) is 6.54 Å². The number of aromatic nitrogens is 2. The van der Waals surface area contributed by atoms with E-state index in [1.54, 1.807) is 6.20 Å². The highest BCUT2D eigenvalue weighted by Gasteiger charge is 2.49. The topological polar surface area (TPSA) is 110 Å². The maximum absolute atomic E-state index is 13.7. The second kappa shape index (κ2) is 7.66. The summed E-state index contributed by atoms with van der Waals surface area (Å²) in [5.74, 6) is 0.884. The van der Waals surface area contributed by atoms with Gasteiger partial charge >= 0.3 is 6.09 Å². The zero-order valence-corrected chi connectivity index (χ0v) is 16.8. The van der Waals surface area contributed by atoms with Crippen LogP contribution in [0.2, 0.25) is 0 Å². The van der Waals surface area contributed by atoms with Gasteiger partial charge in [-0.05, 0) is 30.9 Å². The minimum absolute atomic E-state index is 0.0111. The number of imidazole rings is 1.